The Morgan fingerprint density at radius 1 is 0.972 bits per heavy atom. The number of aryl methyl sites for hydroxylation is 2. The van der Waals surface area contributed by atoms with Gasteiger partial charge in [-0.1, -0.05) is 31.5 Å². The largest absolute Gasteiger partial charge is 0.421 e. The molecule has 1 amide bonds. The number of carbonyl (C=O) groups is 2. The molecule has 1 N–H and O–H groups in total. The lowest BCUT2D eigenvalue weighted by molar-refractivity contribution is -0.184. The number of hydrogen-bond acceptors (Lipinski definition) is 4. The van der Waals surface area contributed by atoms with Gasteiger partial charge in [-0.05, 0) is 73.2 Å². The quantitative estimate of drug-likeness (QED) is 0.576. The van der Waals surface area contributed by atoms with E-state index in [4.69, 9.17) is 11.6 Å². The standard InChI is InChI=1S/C25H24ClF3N2O4S/c1-14-5-8-17(11-15(14)2)31-19-12-23(3,4)13-20(32)21(19)24(22(31)33,25(27,28)29)30-36(34,35)18-9-6-16(26)7-10-18/h5-11,30H,12-13H2,1-4H3/t24-/m0/s1. The molecule has 192 valence electrons. The van der Waals surface area contributed by atoms with Crippen molar-refractivity contribution in [3.8, 4) is 0 Å². The fraction of sp³-hybridized carbons (Fsp3) is 0.360. The van der Waals surface area contributed by atoms with Crippen molar-refractivity contribution >= 4 is 39.0 Å². The number of rotatable bonds is 4. The number of halogens is 4. The molecule has 2 aromatic rings. The van der Waals surface area contributed by atoms with E-state index in [9.17, 15) is 31.2 Å². The maximum Gasteiger partial charge on any atom is 0.421 e. The molecule has 2 aromatic carbocycles. The Balaban J connectivity index is 1.99. The van der Waals surface area contributed by atoms with E-state index >= 15 is 0 Å². The smallest absolute Gasteiger partial charge is 0.294 e. The number of Topliss-reactive ketones (excluding diaryl/α,β-unsaturated/α-hetero) is 1. The van der Waals surface area contributed by atoms with Crippen LogP contribution in [0.15, 0.2) is 58.6 Å². The van der Waals surface area contributed by atoms with E-state index in [-0.39, 0.29) is 29.2 Å². The Labute approximate surface area is 212 Å². The molecule has 11 heteroatoms. The van der Waals surface area contributed by atoms with E-state index in [0.717, 1.165) is 28.2 Å². The van der Waals surface area contributed by atoms with Crippen LogP contribution in [-0.2, 0) is 19.6 Å². The zero-order chi connectivity index (χ0) is 26.8. The van der Waals surface area contributed by atoms with E-state index in [1.165, 1.54) is 18.2 Å². The summed E-state index contributed by atoms with van der Waals surface area (Å²) in [6.07, 6.45) is -5.77. The van der Waals surface area contributed by atoms with Gasteiger partial charge in [0.15, 0.2) is 5.78 Å². The minimum atomic E-state index is -5.46. The van der Waals surface area contributed by atoms with Crippen molar-refractivity contribution in [2.75, 3.05) is 4.90 Å². The highest BCUT2D eigenvalue weighted by molar-refractivity contribution is 7.89. The lowest BCUT2D eigenvalue weighted by Gasteiger charge is -2.35. The summed E-state index contributed by atoms with van der Waals surface area (Å²) >= 11 is 5.79. The second kappa shape index (κ2) is 8.43. The van der Waals surface area contributed by atoms with Gasteiger partial charge < -0.3 is 0 Å². The molecule has 1 aliphatic heterocycles. The summed E-state index contributed by atoms with van der Waals surface area (Å²) < 4.78 is 72.9. The van der Waals surface area contributed by atoms with Crippen LogP contribution in [0, 0.1) is 19.3 Å². The summed E-state index contributed by atoms with van der Waals surface area (Å²) in [6.45, 7) is 6.97. The van der Waals surface area contributed by atoms with Crippen LogP contribution in [0.1, 0.15) is 37.8 Å². The minimum absolute atomic E-state index is 0.0345. The highest BCUT2D eigenvalue weighted by atomic mass is 35.5. The minimum Gasteiger partial charge on any atom is -0.294 e. The number of hydrogen-bond donors (Lipinski definition) is 1. The molecule has 4 rings (SSSR count). The van der Waals surface area contributed by atoms with Crippen molar-refractivity contribution in [3.63, 3.8) is 0 Å². The molecule has 0 bridgehead atoms. The molecule has 36 heavy (non-hydrogen) atoms. The molecule has 0 fully saturated rings. The summed E-state index contributed by atoms with van der Waals surface area (Å²) in [7, 11) is -4.92. The van der Waals surface area contributed by atoms with E-state index in [2.05, 4.69) is 0 Å². The molecule has 0 spiro atoms. The highest BCUT2D eigenvalue weighted by Gasteiger charge is 2.72. The molecule has 1 heterocycles. The van der Waals surface area contributed by atoms with Gasteiger partial charge >= 0.3 is 6.18 Å². The molecule has 1 aliphatic carbocycles. The molecule has 0 unspecified atom stereocenters. The third-order valence-electron chi connectivity index (χ3n) is 6.61. The summed E-state index contributed by atoms with van der Waals surface area (Å²) in [5, 5.41) is 0.173. The number of sulfonamides is 1. The number of nitrogens with zero attached hydrogens (tertiary/aromatic N) is 1. The lowest BCUT2D eigenvalue weighted by Crippen LogP contribution is -2.66. The van der Waals surface area contributed by atoms with Crippen LogP contribution in [0.3, 0.4) is 0 Å². The maximum atomic E-state index is 15.0. The van der Waals surface area contributed by atoms with Gasteiger partial charge in [-0.2, -0.15) is 17.9 Å². The van der Waals surface area contributed by atoms with Crippen LogP contribution < -0.4 is 9.62 Å². The van der Waals surface area contributed by atoms with Gasteiger partial charge in [-0.15, -0.1) is 0 Å². The van der Waals surface area contributed by atoms with Crippen LogP contribution in [0.2, 0.25) is 5.02 Å². The van der Waals surface area contributed by atoms with E-state index in [0.29, 0.717) is 0 Å². The van der Waals surface area contributed by atoms with Crippen molar-refractivity contribution < 1.29 is 31.2 Å². The van der Waals surface area contributed by atoms with Gasteiger partial charge in [0.05, 0.1) is 10.5 Å². The van der Waals surface area contributed by atoms with E-state index in [1.807, 2.05) is 6.92 Å². The van der Waals surface area contributed by atoms with Crippen molar-refractivity contribution in [2.24, 2.45) is 5.41 Å². The van der Waals surface area contributed by atoms with Crippen molar-refractivity contribution in [3.05, 3.63) is 69.9 Å². The predicted octanol–water partition coefficient (Wildman–Crippen LogP) is 5.23. The average Bonchev–Trinajstić information content (AvgIpc) is 2.97. The zero-order valence-corrected chi connectivity index (χ0v) is 21.5. The third-order valence-corrected chi connectivity index (χ3v) is 8.33. The fourth-order valence-electron chi connectivity index (χ4n) is 4.73. The summed E-state index contributed by atoms with van der Waals surface area (Å²) in [5.74, 6) is -2.52. The van der Waals surface area contributed by atoms with Crippen LogP contribution in [0.4, 0.5) is 18.9 Å². The Morgan fingerprint density at radius 3 is 2.14 bits per heavy atom. The van der Waals surface area contributed by atoms with E-state index in [1.54, 1.807) is 37.6 Å². The van der Waals surface area contributed by atoms with Crippen molar-refractivity contribution in [1.82, 2.24) is 4.72 Å². The predicted molar refractivity (Wildman–Crippen MR) is 129 cm³/mol. The first kappa shape index (κ1) is 26.4. The molecule has 0 saturated carbocycles. The fourth-order valence-corrected chi connectivity index (χ4v) is 6.18. The number of ketones is 1. The Bertz CT molecular complexity index is 1420. The number of allylic oxidation sites excluding steroid dienone is 1. The molecule has 6 nitrogen and oxygen atoms in total. The topological polar surface area (TPSA) is 83.6 Å². The first-order valence-corrected chi connectivity index (χ1v) is 12.9. The normalized spacial score (nSPS) is 22.3. The number of nitrogens with one attached hydrogen (secondary N) is 1. The molecule has 0 saturated heterocycles. The maximum absolute atomic E-state index is 15.0. The second-order valence-corrected chi connectivity index (χ2v) is 12.1. The monoisotopic (exact) mass is 540 g/mol. The number of alkyl halides is 3. The lowest BCUT2D eigenvalue weighted by atomic mass is 9.72. The Hall–Kier alpha value is -2.69. The molecular weight excluding hydrogens is 517 g/mol. The summed E-state index contributed by atoms with van der Waals surface area (Å²) in [5.41, 5.74) is -3.87. The van der Waals surface area contributed by atoms with Crippen LogP contribution in [-0.4, -0.2) is 31.8 Å². The van der Waals surface area contributed by atoms with Crippen LogP contribution in [0.25, 0.3) is 0 Å². The number of carbonyl (C=O) groups excluding carboxylic acids is 2. The molecule has 0 aromatic heterocycles. The number of anilines is 1. The van der Waals surface area contributed by atoms with Gasteiger partial charge in [0.1, 0.15) is 0 Å². The van der Waals surface area contributed by atoms with Gasteiger partial charge in [0, 0.05) is 22.8 Å². The highest BCUT2D eigenvalue weighted by Crippen LogP contribution is 2.53. The van der Waals surface area contributed by atoms with Crippen LogP contribution >= 0.6 is 11.6 Å². The van der Waals surface area contributed by atoms with Gasteiger partial charge in [0.2, 0.25) is 15.6 Å². The summed E-state index contributed by atoms with van der Waals surface area (Å²) in [4.78, 5) is 27.4. The average molecular weight is 541 g/mol. The Morgan fingerprint density at radius 2 is 1.58 bits per heavy atom. The molecular formula is C25H24ClF3N2O4S. The number of amides is 1. The first-order chi connectivity index (χ1) is 16.5. The van der Waals surface area contributed by atoms with Crippen molar-refractivity contribution in [1.29, 1.82) is 0 Å². The van der Waals surface area contributed by atoms with Gasteiger partial charge in [-0.3, -0.25) is 14.5 Å². The second-order valence-electron chi connectivity index (χ2n) is 9.98. The number of benzene rings is 2. The van der Waals surface area contributed by atoms with Gasteiger partial charge in [0.25, 0.3) is 5.91 Å². The SMILES string of the molecule is Cc1ccc(N2C(=O)[C@](NS(=O)(=O)c3ccc(Cl)cc3)(C(F)(F)F)C3=C2CC(C)(C)CC3=O)cc1C. The van der Waals surface area contributed by atoms with Gasteiger partial charge in [-0.25, -0.2) is 8.42 Å². The molecule has 1 atom stereocenters. The summed E-state index contributed by atoms with van der Waals surface area (Å²) in [6, 6.07) is 9.13. The first-order valence-electron chi connectivity index (χ1n) is 11.1. The molecule has 0 radical (unpaired) electrons. The Kier molecular flexibility index (Phi) is 6.17. The zero-order valence-electron chi connectivity index (χ0n) is 20.0. The van der Waals surface area contributed by atoms with Crippen molar-refractivity contribution in [2.45, 2.75) is 57.1 Å². The van der Waals surface area contributed by atoms with Crippen LogP contribution in [0.5, 0.6) is 0 Å². The van der Waals surface area contributed by atoms with E-state index < -0.39 is 49.3 Å². The molecule has 2 aliphatic rings. The third kappa shape index (κ3) is 4.14.